The van der Waals surface area contributed by atoms with E-state index in [1.54, 1.807) is 0 Å². The van der Waals surface area contributed by atoms with Crippen molar-refractivity contribution in [1.29, 1.82) is 0 Å². The number of rotatable bonds is 2. The predicted octanol–water partition coefficient (Wildman–Crippen LogP) is 4.86. The summed E-state index contributed by atoms with van der Waals surface area (Å²) in [5.74, 6) is 0. The van der Waals surface area contributed by atoms with Gasteiger partial charge in [-0.1, -0.05) is 54.6 Å². The monoisotopic (exact) mass is 247 g/mol. The minimum absolute atomic E-state index is 1.16. The zero-order chi connectivity index (χ0) is 13.2. The van der Waals surface area contributed by atoms with Crippen LogP contribution in [0.15, 0.2) is 60.7 Å². The molecule has 3 rings (SSSR count). The van der Waals surface area contributed by atoms with Crippen LogP contribution in [0.4, 0.5) is 5.69 Å². The Morgan fingerprint density at radius 3 is 2.16 bits per heavy atom. The van der Waals surface area contributed by atoms with Crippen LogP contribution < -0.4 is 5.32 Å². The van der Waals surface area contributed by atoms with E-state index in [0.29, 0.717) is 0 Å². The van der Waals surface area contributed by atoms with Crippen molar-refractivity contribution in [2.24, 2.45) is 0 Å². The van der Waals surface area contributed by atoms with Gasteiger partial charge in [-0.3, -0.25) is 0 Å². The molecule has 3 aromatic rings. The van der Waals surface area contributed by atoms with Crippen LogP contribution in [0.5, 0.6) is 0 Å². The molecule has 0 spiro atoms. The summed E-state index contributed by atoms with van der Waals surface area (Å²) in [6.07, 6.45) is 0. The fraction of sp³-hybridized carbons (Fsp3) is 0.111. The lowest BCUT2D eigenvalue weighted by Gasteiger charge is -2.13. The lowest BCUT2D eigenvalue weighted by Crippen LogP contribution is -1.92. The van der Waals surface area contributed by atoms with Crippen molar-refractivity contribution < 1.29 is 0 Å². The molecule has 0 saturated heterocycles. The number of hydrogen-bond acceptors (Lipinski definition) is 1. The standard InChI is InChI=1S/C18H17N/c1-13-11-12-16(15-8-4-3-7-14(13)15)17-9-5-6-10-18(17)19-2/h3-12,19H,1-2H3. The van der Waals surface area contributed by atoms with Crippen LogP contribution >= 0.6 is 0 Å². The second-order valence-corrected chi connectivity index (χ2v) is 4.77. The van der Waals surface area contributed by atoms with Gasteiger partial charge in [0.2, 0.25) is 0 Å². The molecule has 3 aromatic carbocycles. The maximum Gasteiger partial charge on any atom is 0.0417 e. The molecule has 0 aliphatic heterocycles. The van der Waals surface area contributed by atoms with Crippen LogP contribution in [0.2, 0.25) is 0 Å². The van der Waals surface area contributed by atoms with E-state index < -0.39 is 0 Å². The highest BCUT2D eigenvalue weighted by Gasteiger charge is 2.08. The summed E-state index contributed by atoms with van der Waals surface area (Å²) in [5.41, 5.74) is 5.02. The fourth-order valence-electron chi connectivity index (χ4n) is 2.62. The maximum absolute atomic E-state index is 3.27. The third-order valence-electron chi connectivity index (χ3n) is 3.63. The number of fused-ring (bicyclic) bond motifs is 1. The second kappa shape index (κ2) is 4.77. The smallest absolute Gasteiger partial charge is 0.0417 e. The third-order valence-corrected chi connectivity index (χ3v) is 3.63. The minimum Gasteiger partial charge on any atom is -0.388 e. The minimum atomic E-state index is 1.16. The average Bonchev–Trinajstić information content (AvgIpc) is 2.48. The van der Waals surface area contributed by atoms with Crippen LogP contribution in [0.25, 0.3) is 21.9 Å². The molecule has 0 aromatic heterocycles. The van der Waals surface area contributed by atoms with Crippen molar-refractivity contribution in [2.75, 3.05) is 12.4 Å². The van der Waals surface area contributed by atoms with Gasteiger partial charge in [0, 0.05) is 18.3 Å². The number of hydrogen-bond donors (Lipinski definition) is 1. The van der Waals surface area contributed by atoms with Gasteiger partial charge in [-0.25, -0.2) is 0 Å². The van der Waals surface area contributed by atoms with Crippen molar-refractivity contribution in [1.82, 2.24) is 0 Å². The van der Waals surface area contributed by atoms with Gasteiger partial charge in [0.15, 0.2) is 0 Å². The molecular formula is C18H17N. The first-order valence-electron chi connectivity index (χ1n) is 6.57. The maximum atomic E-state index is 3.27. The highest BCUT2D eigenvalue weighted by molar-refractivity contribution is 6.00. The summed E-state index contributed by atoms with van der Waals surface area (Å²) in [7, 11) is 1.97. The lowest BCUT2D eigenvalue weighted by atomic mass is 9.94. The first-order valence-corrected chi connectivity index (χ1v) is 6.57. The molecule has 1 heteroatoms. The van der Waals surface area contributed by atoms with Crippen LogP contribution in [-0.2, 0) is 0 Å². The molecule has 1 nitrogen and oxygen atoms in total. The Balaban J connectivity index is 2.34. The van der Waals surface area contributed by atoms with E-state index >= 15 is 0 Å². The molecule has 0 saturated carbocycles. The van der Waals surface area contributed by atoms with E-state index in [0.717, 1.165) is 5.69 Å². The summed E-state index contributed by atoms with van der Waals surface area (Å²) < 4.78 is 0. The third kappa shape index (κ3) is 1.97. The highest BCUT2D eigenvalue weighted by atomic mass is 14.8. The van der Waals surface area contributed by atoms with Gasteiger partial charge in [-0.05, 0) is 34.9 Å². The van der Waals surface area contributed by atoms with E-state index in [4.69, 9.17) is 0 Å². The number of aryl methyl sites for hydroxylation is 1. The zero-order valence-electron chi connectivity index (χ0n) is 11.3. The van der Waals surface area contributed by atoms with Gasteiger partial charge in [-0.15, -0.1) is 0 Å². The molecule has 0 fully saturated rings. The molecule has 0 heterocycles. The van der Waals surface area contributed by atoms with Crippen molar-refractivity contribution in [3.05, 3.63) is 66.2 Å². The van der Waals surface area contributed by atoms with Crippen LogP contribution in [0.3, 0.4) is 0 Å². The number of nitrogens with one attached hydrogen (secondary N) is 1. The van der Waals surface area contributed by atoms with Gasteiger partial charge in [0.1, 0.15) is 0 Å². The van der Waals surface area contributed by atoms with E-state index in [-0.39, 0.29) is 0 Å². The molecule has 0 bridgehead atoms. The second-order valence-electron chi connectivity index (χ2n) is 4.77. The van der Waals surface area contributed by atoms with Crippen molar-refractivity contribution >= 4 is 16.5 Å². The summed E-state index contributed by atoms with van der Waals surface area (Å²) in [6, 6.07) is 21.4. The number of anilines is 1. The molecule has 0 unspecified atom stereocenters. The van der Waals surface area contributed by atoms with Gasteiger partial charge < -0.3 is 5.32 Å². The topological polar surface area (TPSA) is 12.0 Å². The van der Waals surface area contributed by atoms with Gasteiger partial charge in [0.25, 0.3) is 0 Å². The Morgan fingerprint density at radius 2 is 1.37 bits per heavy atom. The molecule has 0 amide bonds. The Kier molecular flexibility index (Phi) is 2.96. The first-order chi connectivity index (χ1) is 9.31. The highest BCUT2D eigenvalue weighted by Crippen LogP contribution is 2.34. The molecule has 0 radical (unpaired) electrons. The van der Waals surface area contributed by atoms with Gasteiger partial charge in [0.05, 0.1) is 0 Å². The van der Waals surface area contributed by atoms with Crippen molar-refractivity contribution in [2.45, 2.75) is 6.92 Å². The average molecular weight is 247 g/mol. The largest absolute Gasteiger partial charge is 0.388 e. The Hall–Kier alpha value is -2.28. The quantitative estimate of drug-likeness (QED) is 0.682. The summed E-state index contributed by atoms with van der Waals surface area (Å²) in [6.45, 7) is 2.16. The molecule has 19 heavy (non-hydrogen) atoms. The van der Waals surface area contributed by atoms with Crippen molar-refractivity contribution in [3.8, 4) is 11.1 Å². The van der Waals surface area contributed by atoms with E-state index in [9.17, 15) is 0 Å². The Morgan fingerprint density at radius 1 is 0.684 bits per heavy atom. The SMILES string of the molecule is CNc1ccccc1-c1ccc(C)c2ccccc12. The molecule has 0 aliphatic carbocycles. The molecule has 1 N–H and O–H groups in total. The lowest BCUT2D eigenvalue weighted by molar-refractivity contribution is 1.49. The summed E-state index contributed by atoms with van der Waals surface area (Å²) in [4.78, 5) is 0. The number of benzene rings is 3. The normalized spacial score (nSPS) is 10.6. The van der Waals surface area contributed by atoms with Crippen LogP contribution in [0, 0.1) is 6.92 Å². The van der Waals surface area contributed by atoms with E-state index in [1.165, 1.54) is 27.5 Å². The number of para-hydroxylation sites is 1. The molecular weight excluding hydrogens is 230 g/mol. The molecule has 94 valence electrons. The van der Waals surface area contributed by atoms with E-state index in [2.05, 4.69) is 72.9 Å². The van der Waals surface area contributed by atoms with Crippen LogP contribution in [-0.4, -0.2) is 7.05 Å². The van der Waals surface area contributed by atoms with Gasteiger partial charge in [-0.2, -0.15) is 0 Å². The van der Waals surface area contributed by atoms with E-state index in [1.807, 2.05) is 7.05 Å². The Bertz CT molecular complexity index is 729. The summed E-state index contributed by atoms with van der Waals surface area (Å²) in [5, 5.41) is 5.91. The predicted molar refractivity (Wildman–Crippen MR) is 83.7 cm³/mol. The molecule has 0 atom stereocenters. The Labute approximate surface area is 113 Å². The summed E-state index contributed by atoms with van der Waals surface area (Å²) >= 11 is 0. The van der Waals surface area contributed by atoms with Crippen LogP contribution in [0.1, 0.15) is 5.56 Å². The zero-order valence-corrected chi connectivity index (χ0v) is 11.3. The molecule has 0 aliphatic rings. The van der Waals surface area contributed by atoms with Crippen molar-refractivity contribution in [3.63, 3.8) is 0 Å². The van der Waals surface area contributed by atoms with Gasteiger partial charge >= 0.3 is 0 Å². The first kappa shape index (κ1) is 11.8. The fourth-order valence-corrected chi connectivity index (χ4v) is 2.62.